The number of carbonyl (C=O) groups is 1. The smallest absolute Gasteiger partial charge is 0.303 e. The molecule has 0 amide bonds. The third-order valence-electron chi connectivity index (χ3n) is 5.78. The Morgan fingerprint density at radius 1 is 0.676 bits per heavy atom. The number of carboxylic acid groups (broad SMARTS) is 1. The summed E-state index contributed by atoms with van der Waals surface area (Å²) in [6, 6.07) is 35.9. The minimum absolute atomic E-state index is 0.0779. The molecule has 5 rings (SSSR count). The number of aryl methyl sites for hydroxylation is 1. The summed E-state index contributed by atoms with van der Waals surface area (Å²) >= 11 is 0. The van der Waals surface area contributed by atoms with Crippen molar-refractivity contribution in [2.75, 3.05) is 0 Å². The Kier molecular flexibility index (Phi) is 6.04. The predicted octanol–water partition coefficient (Wildman–Crippen LogP) is 7.36. The van der Waals surface area contributed by atoms with Crippen LogP contribution in [0, 0.1) is 0 Å². The number of aliphatic carboxylic acids is 1. The van der Waals surface area contributed by atoms with Crippen LogP contribution >= 0.6 is 0 Å². The fourth-order valence-electron chi connectivity index (χ4n) is 4.16. The summed E-state index contributed by atoms with van der Waals surface area (Å²) in [6.45, 7) is 0. The zero-order chi connectivity index (χ0) is 23.3. The lowest BCUT2D eigenvalue weighted by atomic mass is 9.93. The summed E-state index contributed by atoms with van der Waals surface area (Å²) in [5, 5.41) is 9.19. The van der Waals surface area contributed by atoms with E-state index in [1.54, 1.807) is 0 Å². The van der Waals surface area contributed by atoms with Gasteiger partial charge in [0.1, 0.15) is 5.69 Å². The van der Waals surface area contributed by atoms with E-state index in [9.17, 15) is 9.90 Å². The molecule has 1 N–H and O–H groups in total. The molecule has 4 heteroatoms. The minimum atomic E-state index is -0.809. The van der Waals surface area contributed by atoms with Crippen molar-refractivity contribution in [1.82, 2.24) is 4.98 Å². The van der Waals surface area contributed by atoms with Gasteiger partial charge in [-0.2, -0.15) is 0 Å². The summed E-state index contributed by atoms with van der Waals surface area (Å²) in [4.78, 5) is 16.1. The molecule has 0 fully saturated rings. The molecule has 1 heterocycles. The number of nitrogens with zero attached hydrogens (tertiary/aromatic N) is 1. The lowest BCUT2D eigenvalue weighted by molar-refractivity contribution is -0.136. The van der Waals surface area contributed by atoms with E-state index in [-0.39, 0.29) is 6.42 Å². The molecule has 0 radical (unpaired) electrons. The SMILES string of the molecule is O=C(O)CCc1ccccc1-c1ccccc1-c1nc(-c2ccccc2)c(-c2ccccc2)o1. The zero-order valence-electron chi connectivity index (χ0n) is 18.5. The standard InChI is InChI=1S/C30H23NO3/c32-27(33)20-19-21-11-7-8-16-24(21)25-17-9-10-18-26(25)30-31-28(22-12-3-1-4-13-22)29(34-30)23-14-5-2-6-15-23/h1-18H,19-20H2,(H,32,33). The van der Waals surface area contributed by atoms with E-state index in [2.05, 4.69) is 0 Å². The molecular formula is C30H23NO3. The minimum Gasteiger partial charge on any atom is -0.481 e. The summed E-state index contributed by atoms with van der Waals surface area (Å²) in [7, 11) is 0. The van der Waals surface area contributed by atoms with E-state index in [4.69, 9.17) is 9.40 Å². The Morgan fingerprint density at radius 2 is 1.24 bits per heavy atom. The highest BCUT2D eigenvalue weighted by atomic mass is 16.4. The summed E-state index contributed by atoms with van der Waals surface area (Å²) in [6.07, 6.45) is 0.532. The molecular weight excluding hydrogens is 422 g/mol. The third-order valence-corrected chi connectivity index (χ3v) is 5.78. The van der Waals surface area contributed by atoms with E-state index < -0.39 is 5.97 Å². The fraction of sp³-hybridized carbons (Fsp3) is 0.0667. The van der Waals surface area contributed by atoms with Crippen LogP contribution in [0.15, 0.2) is 114 Å². The number of benzene rings is 4. The Labute approximate surface area is 198 Å². The molecule has 0 unspecified atom stereocenters. The van der Waals surface area contributed by atoms with Crippen LogP contribution in [-0.4, -0.2) is 16.1 Å². The number of aromatic nitrogens is 1. The van der Waals surface area contributed by atoms with Crippen molar-refractivity contribution in [3.8, 4) is 45.2 Å². The second-order valence-corrected chi connectivity index (χ2v) is 8.03. The summed E-state index contributed by atoms with van der Waals surface area (Å²) < 4.78 is 6.44. The van der Waals surface area contributed by atoms with Crippen molar-refractivity contribution in [3.63, 3.8) is 0 Å². The Balaban J connectivity index is 1.66. The van der Waals surface area contributed by atoms with Gasteiger partial charge in [-0.3, -0.25) is 4.79 Å². The maximum absolute atomic E-state index is 11.2. The topological polar surface area (TPSA) is 63.3 Å². The van der Waals surface area contributed by atoms with Gasteiger partial charge in [0.05, 0.1) is 0 Å². The largest absolute Gasteiger partial charge is 0.481 e. The van der Waals surface area contributed by atoms with Gasteiger partial charge in [-0.1, -0.05) is 103 Å². The van der Waals surface area contributed by atoms with Gasteiger partial charge < -0.3 is 9.52 Å². The van der Waals surface area contributed by atoms with Gasteiger partial charge in [0, 0.05) is 23.1 Å². The number of hydrogen-bond donors (Lipinski definition) is 1. The van der Waals surface area contributed by atoms with E-state index in [0.717, 1.165) is 44.8 Å². The molecule has 0 saturated carbocycles. The van der Waals surface area contributed by atoms with E-state index in [1.165, 1.54) is 0 Å². The Bertz CT molecular complexity index is 1370. The highest BCUT2D eigenvalue weighted by Gasteiger charge is 2.20. The van der Waals surface area contributed by atoms with Crippen molar-refractivity contribution in [2.24, 2.45) is 0 Å². The number of carboxylic acids is 1. The van der Waals surface area contributed by atoms with Gasteiger partial charge in [-0.05, 0) is 29.2 Å². The monoisotopic (exact) mass is 445 g/mol. The fourth-order valence-corrected chi connectivity index (χ4v) is 4.16. The van der Waals surface area contributed by atoms with Crippen LogP contribution in [0.3, 0.4) is 0 Å². The van der Waals surface area contributed by atoms with Gasteiger partial charge in [0.15, 0.2) is 5.76 Å². The molecule has 0 aliphatic carbocycles. The average molecular weight is 446 g/mol. The molecule has 4 aromatic carbocycles. The predicted molar refractivity (Wildman–Crippen MR) is 134 cm³/mol. The number of hydrogen-bond acceptors (Lipinski definition) is 3. The normalized spacial score (nSPS) is 10.8. The second-order valence-electron chi connectivity index (χ2n) is 8.03. The molecule has 34 heavy (non-hydrogen) atoms. The van der Waals surface area contributed by atoms with Crippen LogP contribution in [0.5, 0.6) is 0 Å². The average Bonchev–Trinajstić information content (AvgIpc) is 3.34. The molecule has 0 aliphatic rings. The van der Waals surface area contributed by atoms with E-state index >= 15 is 0 Å². The maximum atomic E-state index is 11.2. The third kappa shape index (κ3) is 4.39. The first-order chi connectivity index (χ1) is 16.7. The van der Waals surface area contributed by atoms with Gasteiger partial charge in [0.2, 0.25) is 5.89 Å². The molecule has 5 aromatic rings. The lowest BCUT2D eigenvalue weighted by Crippen LogP contribution is -1.99. The molecule has 0 aliphatic heterocycles. The summed E-state index contributed by atoms with van der Waals surface area (Å²) in [5.41, 5.74) is 6.52. The highest BCUT2D eigenvalue weighted by Crippen LogP contribution is 2.39. The van der Waals surface area contributed by atoms with Crippen LogP contribution in [-0.2, 0) is 11.2 Å². The van der Waals surface area contributed by atoms with E-state index in [0.29, 0.717) is 12.3 Å². The first-order valence-electron chi connectivity index (χ1n) is 11.2. The van der Waals surface area contributed by atoms with Crippen molar-refractivity contribution >= 4 is 5.97 Å². The molecule has 0 spiro atoms. The van der Waals surface area contributed by atoms with Crippen LogP contribution in [0.2, 0.25) is 0 Å². The lowest BCUT2D eigenvalue weighted by Gasteiger charge is -2.12. The van der Waals surface area contributed by atoms with Crippen molar-refractivity contribution in [2.45, 2.75) is 12.8 Å². The zero-order valence-corrected chi connectivity index (χ0v) is 18.5. The maximum Gasteiger partial charge on any atom is 0.303 e. The molecule has 166 valence electrons. The molecule has 1 aromatic heterocycles. The van der Waals surface area contributed by atoms with E-state index in [1.807, 2.05) is 109 Å². The quantitative estimate of drug-likeness (QED) is 0.284. The second kappa shape index (κ2) is 9.59. The molecule has 0 atom stereocenters. The molecule has 4 nitrogen and oxygen atoms in total. The van der Waals surface area contributed by atoms with Crippen LogP contribution < -0.4 is 0 Å². The molecule has 0 saturated heterocycles. The van der Waals surface area contributed by atoms with Crippen LogP contribution in [0.1, 0.15) is 12.0 Å². The first-order valence-corrected chi connectivity index (χ1v) is 11.2. The van der Waals surface area contributed by atoms with Gasteiger partial charge in [0.25, 0.3) is 0 Å². The van der Waals surface area contributed by atoms with Crippen molar-refractivity contribution in [3.05, 3.63) is 115 Å². The van der Waals surface area contributed by atoms with Gasteiger partial charge in [-0.25, -0.2) is 4.98 Å². The van der Waals surface area contributed by atoms with Gasteiger partial charge >= 0.3 is 5.97 Å². The highest BCUT2D eigenvalue weighted by molar-refractivity contribution is 5.85. The van der Waals surface area contributed by atoms with Crippen molar-refractivity contribution in [1.29, 1.82) is 0 Å². The number of rotatable bonds is 7. The number of oxazole rings is 1. The van der Waals surface area contributed by atoms with Crippen LogP contribution in [0.4, 0.5) is 0 Å². The van der Waals surface area contributed by atoms with Gasteiger partial charge in [-0.15, -0.1) is 0 Å². The van der Waals surface area contributed by atoms with Crippen LogP contribution in [0.25, 0.3) is 45.2 Å². The Hall–Kier alpha value is -4.44. The Morgan fingerprint density at radius 3 is 1.91 bits per heavy atom. The van der Waals surface area contributed by atoms with Crippen molar-refractivity contribution < 1.29 is 14.3 Å². The summed E-state index contributed by atoms with van der Waals surface area (Å²) in [5.74, 6) is 0.438. The molecule has 0 bridgehead atoms. The first kappa shape index (κ1) is 21.4.